The van der Waals surface area contributed by atoms with Crippen LogP contribution in [0.3, 0.4) is 0 Å². The summed E-state index contributed by atoms with van der Waals surface area (Å²) in [6, 6.07) is 29.5. The van der Waals surface area contributed by atoms with Gasteiger partial charge in [-0.05, 0) is 77.4 Å². The molecule has 1 aliphatic heterocycles. The Hall–Kier alpha value is -4.51. The first-order chi connectivity index (χ1) is 19.9. The van der Waals surface area contributed by atoms with Gasteiger partial charge in [0, 0.05) is 23.1 Å². The topological polar surface area (TPSA) is 66.5 Å². The fraction of sp³-hybridized carbons (Fsp3) is 0.250. The van der Waals surface area contributed by atoms with Gasteiger partial charge in [-0.15, -0.1) is 0 Å². The van der Waals surface area contributed by atoms with E-state index in [9.17, 15) is 14.4 Å². The monoisotopic (exact) mass is 540 g/mol. The van der Waals surface area contributed by atoms with Crippen LogP contribution in [0.5, 0.6) is 0 Å². The van der Waals surface area contributed by atoms with Crippen LogP contribution in [-0.2, 0) is 22.4 Å². The van der Waals surface area contributed by atoms with Crippen LogP contribution in [0.4, 0.5) is 11.4 Å². The van der Waals surface area contributed by atoms with Gasteiger partial charge in [-0.3, -0.25) is 14.4 Å². The number of para-hydroxylation sites is 1. The standard InChI is InChI=1S/C36H32N2O3/c1-4-21-11-10-12-22(5-2)32(21)37-33(39)23-17-19-24(20-18-23)38-34(40)31-29-25-13-6-8-15-27(25)30(36(31,3)35(38)41)28-16-9-7-14-26(28)29/h6-20,29-31H,4-5H2,1-3H3,(H,37,39)/t29?,30?,31-,36-/m1/s1. The summed E-state index contributed by atoms with van der Waals surface area (Å²) < 4.78 is 0. The average Bonchev–Trinajstić information content (AvgIpc) is 3.22. The Morgan fingerprint density at radius 3 is 1.83 bits per heavy atom. The van der Waals surface area contributed by atoms with Gasteiger partial charge in [-0.2, -0.15) is 0 Å². The molecule has 0 unspecified atom stereocenters. The van der Waals surface area contributed by atoms with Crippen molar-refractivity contribution < 1.29 is 14.4 Å². The number of aryl methyl sites for hydroxylation is 2. The predicted octanol–water partition coefficient (Wildman–Crippen LogP) is 6.85. The number of hydrogen-bond acceptors (Lipinski definition) is 3. The lowest BCUT2D eigenvalue weighted by Gasteiger charge is -2.51. The molecule has 0 spiro atoms. The second-order valence-electron chi connectivity index (χ2n) is 11.6. The number of hydrogen-bond donors (Lipinski definition) is 1. The number of nitrogens with zero attached hydrogens (tertiary/aromatic N) is 1. The van der Waals surface area contributed by atoms with Crippen molar-refractivity contribution in [2.24, 2.45) is 11.3 Å². The van der Waals surface area contributed by atoms with E-state index in [1.807, 2.05) is 49.4 Å². The molecule has 5 heteroatoms. The molecule has 3 aliphatic carbocycles. The summed E-state index contributed by atoms with van der Waals surface area (Å²) in [4.78, 5) is 43.1. The van der Waals surface area contributed by atoms with E-state index in [1.54, 1.807) is 24.3 Å². The van der Waals surface area contributed by atoms with E-state index in [1.165, 1.54) is 4.90 Å². The van der Waals surface area contributed by atoms with Gasteiger partial charge in [0.25, 0.3) is 5.91 Å². The molecule has 0 saturated carbocycles. The number of benzene rings is 4. The Morgan fingerprint density at radius 1 is 0.756 bits per heavy atom. The predicted molar refractivity (Wildman–Crippen MR) is 160 cm³/mol. The number of amides is 3. The van der Waals surface area contributed by atoms with Gasteiger partial charge < -0.3 is 5.32 Å². The van der Waals surface area contributed by atoms with Gasteiger partial charge in [0.15, 0.2) is 0 Å². The van der Waals surface area contributed by atoms with Gasteiger partial charge in [0.05, 0.1) is 17.0 Å². The third-order valence-corrected chi connectivity index (χ3v) is 9.64. The van der Waals surface area contributed by atoms with Crippen molar-refractivity contribution in [3.05, 3.63) is 130 Å². The summed E-state index contributed by atoms with van der Waals surface area (Å²) in [7, 11) is 0. The maximum Gasteiger partial charge on any atom is 0.255 e. The molecular formula is C36H32N2O3. The summed E-state index contributed by atoms with van der Waals surface area (Å²) in [6.07, 6.45) is 1.63. The molecule has 0 radical (unpaired) electrons. The second-order valence-corrected chi connectivity index (χ2v) is 11.6. The number of imide groups is 1. The minimum atomic E-state index is -0.888. The minimum Gasteiger partial charge on any atom is -0.321 e. The zero-order valence-corrected chi connectivity index (χ0v) is 23.5. The summed E-state index contributed by atoms with van der Waals surface area (Å²) in [6.45, 7) is 6.12. The Morgan fingerprint density at radius 2 is 1.29 bits per heavy atom. The van der Waals surface area contributed by atoms with Crippen LogP contribution in [0.15, 0.2) is 91.0 Å². The number of carbonyl (C=O) groups is 3. The van der Waals surface area contributed by atoms with Crippen LogP contribution >= 0.6 is 0 Å². The van der Waals surface area contributed by atoms with Crippen LogP contribution in [0.1, 0.15) is 76.3 Å². The molecule has 41 heavy (non-hydrogen) atoms. The zero-order chi connectivity index (χ0) is 28.5. The third kappa shape index (κ3) is 3.45. The molecular weight excluding hydrogens is 508 g/mol. The van der Waals surface area contributed by atoms with Crippen molar-refractivity contribution in [2.45, 2.75) is 45.4 Å². The highest BCUT2D eigenvalue weighted by atomic mass is 16.2. The van der Waals surface area contributed by atoms with E-state index in [0.717, 1.165) is 51.9 Å². The number of anilines is 2. The molecule has 204 valence electrons. The zero-order valence-electron chi connectivity index (χ0n) is 23.5. The Labute approximate surface area is 240 Å². The molecule has 1 heterocycles. The maximum absolute atomic E-state index is 14.3. The van der Waals surface area contributed by atoms with E-state index in [4.69, 9.17) is 0 Å². The third-order valence-electron chi connectivity index (χ3n) is 9.64. The lowest BCUT2D eigenvalue weighted by atomic mass is 9.48. The van der Waals surface area contributed by atoms with Crippen molar-refractivity contribution in [1.29, 1.82) is 0 Å². The average molecular weight is 541 g/mol. The van der Waals surface area contributed by atoms with Crippen LogP contribution in [0.25, 0.3) is 0 Å². The smallest absolute Gasteiger partial charge is 0.255 e. The fourth-order valence-corrected chi connectivity index (χ4v) is 7.71. The summed E-state index contributed by atoms with van der Waals surface area (Å²) >= 11 is 0. The van der Waals surface area contributed by atoms with Gasteiger partial charge in [-0.25, -0.2) is 4.90 Å². The Kier molecular flexibility index (Phi) is 5.75. The first-order valence-electron chi connectivity index (χ1n) is 14.5. The van der Waals surface area contributed by atoms with Crippen molar-refractivity contribution in [2.75, 3.05) is 10.2 Å². The van der Waals surface area contributed by atoms with E-state index in [-0.39, 0.29) is 29.6 Å². The minimum absolute atomic E-state index is 0.168. The highest BCUT2D eigenvalue weighted by molar-refractivity contribution is 6.25. The van der Waals surface area contributed by atoms with E-state index in [0.29, 0.717) is 11.3 Å². The normalized spacial score (nSPS) is 23.7. The van der Waals surface area contributed by atoms with Crippen molar-refractivity contribution in [1.82, 2.24) is 0 Å². The lowest BCUT2D eigenvalue weighted by Crippen LogP contribution is -2.49. The molecule has 4 aromatic rings. The Balaban J connectivity index is 1.23. The molecule has 4 aliphatic rings. The molecule has 1 N–H and O–H groups in total. The molecule has 8 rings (SSSR count). The fourth-order valence-electron chi connectivity index (χ4n) is 7.71. The number of carbonyl (C=O) groups excluding carboxylic acids is 3. The van der Waals surface area contributed by atoms with Crippen molar-refractivity contribution in [3.63, 3.8) is 0 Å². The van der Waals surface area contributed by atoms with Gasteiger partial charge >= 0.3 is 0 Å². The highest BCUT2D eigenvalue weighted by Gasteiger charge is 2.68. The largest absolute Gasteiger partial charge is 0.321 e. The molecule has 0 aromatic heterocycles. The molecule has 3 amide bonds. The number of rotatable bonds is 5. The van der Waals surface area contributed by atoms with E-state index < -0.39 is 11.3 Å². The molecule has 1 fully saturated rings. The van der Waals surface area contributed by atoms with Gasteiger partial charge in [0.1, 0.15) is 0 Å². The SMILES string of the molecule is CCc1cccc(CC)c1NC(=O)c1ccc(N2C(=O)[C@H]3C4c5ccccc5C(c5ccccc54)[C@@]3(C)C2=O)cc1. The van der Waals surface area contributed by atoms with Crippen molar-refractivity contribution in [3.8, 4) is 0 Å². The van der Waals surface area contributed by atoms with Crippen LogP contribution in [0, 0.1) is 11.3 Å². The second kappa shape index (κ2) is 9.27. The molecule has 2 bridgehead atoms. The Bertz CT molecular complexity index is 1670. The summed E-state index contributed by atoms with van der Waals surface area (Å²) in [5, 5.41) is 3.10. The first kappa shape index (κ1) is 25.5. The first-order valence-corrected chi connectivity index (χ1v) is 14.5. The molecule has 4 aromatic carbocycles. The van der Waals surface area contributed by atoms with Gasteiger partial charge in [-0.1, -0.05) is 80.6 Å². The number of nitrogens with one attached hydrogen (secondary N) is 1. The van der Waals surface area contributed by atoms with E-state index >= 15 is 0 Å². The quantitative estimate of drug-likeness (QED) is 0.282. The molecule has 5 nitrogen and oxygen atoms in total. The van der Waals surface area contributed by atoms with Crippen LogP contribution in [-0.4, -0.2) is 17.7 Å². The van der Waals surface area contributed by atoms with E-state index in [2.05, 4.69) is 43.4 Å². The molecule has 2 atom stereocenters. The van der Waals surface area contributed by atoms with Gasteiger partial charge in [0.2, 0.25) is 11.8 Å². The van der Waals surface area contributed by atoms with Crippen molar-refractivity contribution >= 4 is 29.1 Å². The summed E-state index contributed by atoms with van der Waals surface area (Å²) in [5.74, 6) is -1.40. The molecule has 1 saturated heterocycles. The van der Waals surface area contributed by atoms with Crippen LogP contribution < -0.4 is 10.2 Å². The highest BCUT2D eigenvalue weighted by Crippen LogP contribution is 2.67. The lowest BCUT2D eigenvalue weighted by molar-refractivity contribution is -0.128. The maximum atomic E-state index is 14.3. The van der Waals surface area contributed by atoms with Crippen LogP contribution in [0.2, 0.25) is 0 Å². The summed E-state index contributed by atoms with van der Waals surface area (Å²) in [5.41, 5.74) is 7.72.